The zero-order chi connectivity index (χ0) is 19.8. The van der Waals surface area contributed by atoms with Crippen molar-refractivity contribution in [2.45, 2.75) is 70.3 Å². The van der Waals surface area contributed by atoms with E-state index >= 15 is 0 Å². The Hall–Kier alpha value is -0.535. The molecular weight excluding hydrogens is 357 g/mol. The van der Waals surface area contributed by atoms with Crippen LogP contribution in [0.2, 0.25) is 0 Å². The summed E-state index contributed by atoms with van der Waals surface area (Å²) in [7, 11) is 2.44. The van der Waals surface area contributed by atoms with Gasteiger partial charge in [0.15, 0.2) is 0 Å². The van der Waals surface area contributed by atoms with Crippen LogP contribution in [0.3, 0.4) is 0 Å². The molecule has 0 radical (unpaired) electrons. The Morgan fingerprint density at radius 1 is 0.800 bits per heavy atom. The van der Waals surface area contributed by atoms with E-state index in [9.17, 15) is 34.9 Å². The first-order valence-electron chi connectivity index (χ1n) is 8.74. The molecule has 10 heteroatoms. The van der Waals surface area contributed by atoms with Crippen LogP contribution in [0.25, 0.3) is 0 Å². The van der Waals surface area contributed by atoms with Crippen LogP contribution in [0.4, 0.5) is 34.9 Å². The molecule has 1 aliphatic rings. The van der Waals surface area contributed by atoms with Crippen molar-refractivity contribution in [3.63, 3.8) is 0 Å². The summed E-state index contributed by atoms with van der Waals surface area (Å²) in [5.74, 6) is -6.56. The Morgan fingerprint density at radius 2 is 1.24 bits per heavy atom. The fourth-order valence-corrected chi connectivity index (χ4v) is 2.78. The second-order valence-corrected chi connectivity index (χ2v) is 6.96. The number of hydrogen-bond acceptors (Lipinski definition) is 0. The fraction of sp³-hybridized carbons (Fsp3) is 1.00. The molecule has 1 fully saturated rings. The highest BCUT2D eigenvalue weighted by Crippen LogP contribution is 2.44. The van der Waals surface area contributed by atoms with Gasteiger partial charge in [0.05, 0.1) is 26.7 Å². The summed E-state index contributed by atoms with van der Waals surface area (Å²) in [6, 6.07) is 0. The van der Waals surface area contributed by atoms with E-state index in [1.54, 1.807) is 0 Å². The summed E-state index contributed by atoms with van der Waals surface area (Å²) >= 11 is 0. The zero-order valence-electron chi connectivity index (χ0n) is 14.8. The lowest BCUT2D eigenvalue weighted by molar-refractivity contribution is -0.897. The maximum atomic E-state index is 11.2. The standard InChI is InChI=1S/C13H28N.C2BF8/c1-3-4-5-6-7-8-11-14(2)12-9-10-13-14;4-1(5,2(6,7)8)3(9,10)11/h3-13H2,1-2H3;/q+1;-1. The summed E-state index contributed by atoms with van der Waals surface area (Å²) in [6.45, 7) is -0.605. The SMILES string of the molecule is CCCCCCCC[N+]1(C)CCCC1.F[B-](F)(F)C(F)(F)C(F)(F)F. The van der Waals surface area contributed by atoms with E-state index < -0.39 is 19.0 Å². The van der Waals surface area contributed by atoms with Gasteiger partial charge in [0.1, 0.15) is 0 Å². The molecular formula is C15H28BF8N. The van der Waals surface area contributed by atoms with Gasteiger partial charge in [-0.3, -0.25) is 0 Å². The highest BCUT2D eigenvalue weighted by atomic mass is 19.4. The van der Waals surface area contributed by atoms with Crippen LogP contribution in [-0.4, -0.2) is 50.1 Å². The van der Waals surface area contributed by atoms with Crippen LogP contribution in [0, 0.1) is 0 Å². The highest BCUT2D eigenvalue weighted by molar-refractivity contribution is 6.61. The second-order valence-electron chi connectivity index (χ2n) is 6.96. The molecule has 1 aliphatic heterocycles. The van der Waals surface area contributed by atoms with Crippen LogP contribution < -0.4 is 0 Å². The third-order valence-electron chi connectivity index (χ3n) is 4.49. The molecule has 0 amide bonds. The summed E-state index contributed by atoms with van der Waals surface area (Å²) in [4.78, 5) is 0. The molecule has 0 unspecified atom stereocenters. The molecule has 0 spiro atoms. The van der Waals surface area contributed by atoms with Crippen molar-refractivity contribution in [3.8, 4) is 0 Å². The Balaban J connectivity index is 0.000000477. The van der Waals surface area contributed by atoms with Gasteiger partial charge in [0, 0.05) is 12.8 Å². The van der Waals surface area contributed by atoms with Crippen LogP contribution >= 0.6 is 0 Å². The number of unbranched alkanes of at least 4 members (excludes halogenated alkanes) is 5. The molecule has 1 nitrogen and oxygen atoms in total. The molecule has 0 aliphatic carbocycles. The number of alkyl halides is 5. The van der Waals surface area contributed by atoms with Crippen LogP contribution in [-0.2, 0) is 0 Å². The number of halogens is 8. The number of rotatable bonds is 8. The van der Waals surface area contributed by atoms with E-state index in [-0.39, 0.29) is 0 Å². The van der Waals surface area contributed by atoms with Crippen LogP contribution in [0.1, 0.15) is 58.3 Å². The van der Waals surface area contributed by atoms with Gasteiger partial charge in [-0.2, -0.15) is 13.2 Å². The molecule has 0 atom stereocenters. The largest absolute Gasteiger partial charge is 0.558 e. The molecule has 0 bridgehead atoms. The van der Waals surface area contributed by atoms with E-state index in [2.05, 4.69) is 14.0 Å². The minimum atomic E-state index is -7.21. The molecule has 0 aromatic heterocycles. The van der Waals surface area contributed by atoms with Gasteiger partial charge in [-0.05, 0) is 12.8 Å². The van der Waals surface area contributed by atoms with Gasteiger partial charge in [-0.25, -0.2) is 8.78 Å². The minimum Gasteiger partial charge on any atom is -0.445 e. The highest BCUT2D eigenvalue weighted by Gasteiger charge is 2.69. The van der Waals surface area contributed by atoms with Gasteiger partial charge >= 0.3 is 19.0 Å². The second kappa shape index (κ2) is 9.97. The van der Waals surface area contributed by atoms with E-state index in [0.717, 1.165) is 0 Å². The minimum absolute atomic E-state index is 1.37. The first-order valence-corrected chi connectivity index (χ1v) is 8.74. The zero-order valence-corrected chi connectivity index (χ0v) is 14.8. The maximum absolute atomic E-state index is 11.2. The lowest BCUT2D eigenvalue weighted by Gasteiger charge is -2.29. The molecule has 25 heavy (non-hydrogen) atoms. The van der Waals surface area contributed by atoms with Crippen LogP contribution in [0.5, 0.6) is 0 Å². The predicted molar refractivity (Wildman–Crippen MR) is 83.5 cm³/mol. The summed E-state index contributed by atoms with van der Waals surface area (Å²) < 4.78 is 89.2. The Labute approximate surface area is 144 Å². The fourth-order valence-electron chi connectivity index (χ4n) is 2.78. The Bertz CT molecular complexity index is 346. The molecule has 0 aromatic carbocycles. The topological polar surface area (TPSA) is 0 Å². The van der Waals surface area contributed by atoms with Gasteiger partial charge in [-0.15, -0.1) is 0 Å². The first-order chi connectivity index (χ1) is 11.3. The van der Waals surface area contributed by atoms with Crippen LogP contribution in [0.15, 0.2) is 0 Å². The average Bonchev–Trinajstić information content (AvgIpc) is 2.88. The van der Waals surface area contributed by atoms with Crippen molar-refractivity contribution in [2.75, 3.05) is 26.7 Å². The maximum Gasteiger partial charge on any atom is 0.558 e. The van der Waals surface area contributed by atoms with Gasteiger partial charge in [0.25, 0.3) is 0 Å². The molecule has 0 N–H and O–H groups in total. The number of likely N-dealkylation sites (tertiary alicyclic amines) is 1. The van der Waals surface area contributed by atoms with E-state index in [0.29, 0.717) is 0 Å². The van der Waals surface area contributed by atoms with Crippen molar-refractivity contribution in [3.05, 3.63) is 0 Å². The predicted octanol–water partition coefficient (Wildman–Crippen LogP) is 6.16. The quantitative estimate of drug-likeness (QED) is 0.203. The Kier molecular flexibility index (Phi) is 9.76. The third-order valence-corrected chi connectivity index (χ3v) is 4.49. The van der Waals surface area contributed by atoms with Gasteiger partial charge in [0.2, 0.25) is 0 Å². The van der Waals surface area contributed by atoms with Crippen molar-refractivity contribution in [2.24, 2.45) is 0 Å². The molecule has 152 valence electrons. The normalized spacial score (nSPS) is 18.0. The lowest BCUT2D eigenvalue weighted by atomic mass is 9.80. The summed E-state index contributed by atoms with van der Waals surface area (Å²) in [5.41, 5.74) is 0. The van der Waals surface area contributed by atoms with E-state index in [1.807, 2.05) is 0 Å². The monoisotopic (exact) mass is 385 g/mol. The molecule has 1 saturated heterocycles. The third kappa shape index (κ3) is 8.60. The molecule has 0 aromatic rings. The van der Waals surface area contributed by atoms with Gasteiger partial charge in [-0.1, -0.05) is 32.6 Å². The van der Waals surface area contributed by atoms with E-state index in [1.165, 1.54) is 75.5 Å². The lowest BCUT2D eigenvalue weighted by Crippen LogP contribution is -2.53. The van der Waals surface area contributed by atoms with Gasteiger partial charge < -0.3 is 17.4 Å². The molecule has 0 saturated carbocycles. The van der Waals surface area contributed by atoms with Crippen molar-refractivity contribution >= 4 is 6.98 Å². The van der Waals surface area contributed by atoms with Crippen molar-refractivity contribution < 1.29 is 39.4 Å². The summed E-state index contributed by atoms with van der Waals surface area (Å²) in [6.07, 6.45) is 5.03. The van der Waals surface area contributed by atoms with Crippen molar-refractivity contribution in [1.82, 2.24) is 0 Å². The summed E-state index contributed by atoms with van der Waals surface area (Å²) in [5, 5.41) is 0. The first kappa shape index (κ1) is 24.5. The molecule has 1 heterocycles. The number of hydrogen-bond donors (Lipinski definition) is 0. The number of quaternary nitrogens is 1. The molecule has 1 rings (SSSR count). The Morgan fingerprint density at radius 3 is 1.60 bits per heavy atom. The average molecular weight is 385 g/mol. The number of nitrogens with zero attached hydrogens (tertiary/aromatic N) is 1. The van der Waals surface area contributed by atoms with Crippen molar-refractivity contribution in [1.29, 1.82) is 0 Å². The van der Waals surface area contributed by atoms with E-state index in [4.69, 9.17) is 0 Å². The smallest absolute Gasteiger partial charge is 0.445 e.